The lowest BCUT2D eigenvalue weighted by atomic mass is 9.85. The summed E-state index contributed by atoms with van der Waals surface area (Å²) >= 11 is 0. The first-order chi connectivity index (χ1) is 10.3. The zero-order valence-electron chi connectivity index (χ0n) is 12.8. The summed E-state index contributed by atoms with van der Waals surface area (Å²) < 4.78 is 5.76. The third-order valence-corrected chi connectivity index (χ3v) is 3.86. The first-order valence-electron chi connectivity index (χ1n) is 7.79. The number of rotatable bonds is 7. The van der Waals surface area contributed by atoms with Gasteiger partial charge in [0.05, 0.1) is 6.61 Å². The molecule has 0 atom stereocenters. The van der Waals surface area contributed by atoms with Gasteiger partial charge in [0, 0.05) is 25.1 Å². The van der Waals surface area contributed by atoms with Crippen LogP contribution in [0, 0.1) is 17.8 Å². The number of aliphatic hydroxyl groups is 1. The van der Waals surface area contributed by atoms with Crippen molar-refractivity contribution in [1.82, 2.24) is 4.90 Å². The van der Waals surface area contributed by atoms with Gasteiger partial charge in [0.25, 0.3) is 0 Å². The van der Waals surface area contributed by atoms with Crippen LogP contribution in [-0.4, -0.2) is 43.4 Å². The van der Waals surface area contributed by atoms with Gasteiger partial charge in [-0.05, 0) is 50.1 Å². The van der Waals surface area contributed by atoms with Crippen LogP contribution in [0.25, 0.3) is 0 Å². The summed E-state index contributed by atoms with van der Waals surface area (Å²) in [7, 11) is 2.17. The summed E-state index contributed by atoms with van der Waals surface area (Å²) in [5, 5.41) is 8.68. The van der Waals surface area contributed by atoms with Gasteiger partial charge in [0.2, 0.25) is 0 Å². The van der Waals surface area contributed by atoms with Crippen molar-refractivity contribution < 1.29 is 9.84 Å². The maximum Gasteiger partial charge on any atom is 0.119 e. The summed E-state index contributed by atoms with van der Waals surface area (Å²) in [6, 6.07) is 7.82. The van der Waals surface area contributed by atoms with Crippen molar-refractivity contribution in [2.24, 2.45) is 5.92 Å². The lowest BCUT2D eigenvalue weighted by Gasteiger charge is -2.30. The maximum atomic E-state index is 8.68. The lowest BCUT2D eigenvalue weighted by molar-refractivity contribution is 0.177. The highest BCUT2D eigenvalue weighted by Gasteiger charge is 2.18. The molecule has 0 spiro atoms. The fraction of sp³-hybridized carbons (Fsp3) is 0.556. The Morgan fingerprint density at radius 2 is 2.05 bits per heavy atom. The molecule has 0 unspecified atom stereocenters. The molecule has 1 aliphatic rings. The Kier molecular flexibility index (Phi) is 6.59. The first-order valence-corrected chi connectivity index (χ1v) is 7.79. The van der Waals surface area contributed by atoms with E-state index >= 15 is 0 Å². The van der Waals surface area contributed by atoms with Gasteiger partial charge in [-0.25, -0.2) is 0 Å². The molecule has 1 N–H and O–H groups in total. The highest BCUT2D eigenvalue weighted by molar-refractivity contribution is 5.38. The number of hydrogen-bond acceptors (Lipinski definition) is 3. The molecule has 114 valence electrons. The predicted molar refractivity (Wildman–Crippen MR) is 85.4 cm³/mol. The Morgan fingerprint density at radius 1 is 1.29 bits per heavy atom. The van der Waals surface area contributed by atoms with Crippen LogP contribution < -0.4 is 4.74 Å². The zero-order valence-corrected chi connectivity index (χ0v) is 12.8. The second-order valence-corrected chi connectivity index (χ2v) is 5.71. The molecule has 1 aliphatic carbocycles. The quantitative estimate of drug-likeness (QED) is 0.782. The number of nitrogens with zero attached hydrogens (tertiary/aromatic N) is 1. The number of aliphatic hydroxyl groups excluding tert-OH is 1. The first kappa shape index (κ1) is 15.9. The van der Waals surface area contributed by atoms with E-state index in [1.807, 2.05) is 24.3 Å². The van der Waals surface area contributed by atoms with Crippen molar-refractivity contribution in [3.63, 3.8) is 0 Å². The maximum absolute atomic E-state index is 8.68. The minimum Gasteiger partial charge on any atom is -0.492 e. The van der Waals surface area contributed by atoms with Gasteiger partial charge >= 0.3 is 0 Å². The highest BCUT2D eigenvalue weighted by Crippen LogP contribution is 2.26. The molecular formula is C18H25NO2. The summed E-state index contributed by atoms with van der Waals surface area (Å²) in [5.74, 6) is 7.72. The van der Waals surface area contributed by atoms with Crippen molar-refractivity contribution in [2.75, 3.05) is 33.4 Å². The van der Waals surface area contributed by atoms with E-state index in [-0.39, 0.29) is 6.61 Å². The van der Waals surface area contributed by atoms with E-state index in [0.29, 0.717) is 6.42 Å². The molecule has 1 fully saturated rings. The summed E-state index contributed by atoms with van der Waals surface area (Å²) in [4.78, 5) is 2.36. The Morgan fingerprint density at radius 3 is 2.67 bits per heavy atom. The molecule has 21 heavy (non-hydrogen) atoms. The fourth-order valence-electron chi connectivity index (χ4n) is 2.38. The monoisotopic (exact) mass is 287 g/mol. The summed E-state index contributed by atoms with van der Waals surface area (Å²) in [6.07, 6.45) is 4.71. The van der Waals surface area contributed by atoms with Crippen LogP contribution in [0.1, 0.15) is 31.2 Å². The van der Waals surface area contributed by atoms with Crippen LogP contribution in [0.3, 0.4) is 0 Å². The SMILES string of the molecule is CN(CCOc1ccc(C#CCCO)cc1)CC1CCC1. The van der Waals surface area contributed by atoms with Gasteiger partial charge in [0.15, 0.2) is 0 Å². The molecule has 2 rings (SSSR count). The number of likely N-dealkylation sites (N-methyl/N-ethyl adjacent to an activating group) is 1. The number of benzene rings is 1. The van der Waals surface area contributed by atoms with Gasteiger partial charge in [-0.2, -0.15) is 0 Å². The molecule has 0 heterocycles. The molecule has 0 aliphatic heterocycles. The Bertz CT molecular complexity index is 468. The molecule has 0 radical (unpaired) electrons. The van der Waals surface area contributed by atoms with E-state index in [4.69, 9.17) is 9.84 Å². The molecule has 1 aromatic rings. The molecular weight excluding hydrogens is 262 g/mol. The van der Waals surface area contributed by atoms with Crippen molar-refractivity contribution in [3.8, 4) is 17.6 Å². The Balaban J connectivity index is 1.67. The largest absolute Gasteiger partial charge is 0.492 e. The van der Waals surface area contributed by atoms with E-state index in [1.54, 1.807) is 0 Å². The zero-order chi connectivity index (χ0) is 14.9. The molecule has 0 saturated heterocycles. The third-order valence-electron chi connectivity index (χ3n) is 3.86. The van der Waals surface area contributed by atoms with Crippen molar-refractivity contribution in [2.45, 2.75) is 25.7 Å². The summed E-state index contributed by atoms with van der Waals surface area (Å²) in [5.41, 5.74) is 0.956. The molecule has 0 bridgehead atoms. The Hall–Kier alpha value is -1.50. The molecule has 0 aromatic heterocycles. The van der Waals surface area contributed by atoms with Crippen molar-refractivity contribution in [1.29, 1.82) is 0 Å². The minimum absolute atomic E-state index is 0.114. The second kappa shape index (κ2) is 8.71. The van der Waals surface area contributed by atoms with Crippen LogP contribution in [0.2, 0.25) is 0 Å². The van der Waals surface area contributed by atoms with Crippen molar-refractivity contribution in [3.05, 3.63) is 29.8 Å². The van der Waals surface area contributed by atoms with Crippen LogP contribution in [0.15, 0.2) is 24.3 Å². The predicted octanol–water partition coefficient (Wildman–Crippen LogP) is 2.53. The van der Waals surface area contributed by atoms with E-state index < -0.39 is 0 Å². The van der Waals surface area contributed by atoms with E-state index in [2.05, 4.69) is 23.8 Å². The fourth-order valence-corrected chi connectivity index (χ4v) is 2.38. The van der Waals surface area contributed by atoms with Crippen LogP contribution in [0.4, 0.5) is 0 Å². The van der Waals surface area contributed by atoms with Crippen molar-refractivity contribution >= 4 is 0 Å². The third kappa shape index (κ3) is 5.79. The van der Waals surface area contributed by atoms with Gasteiger partial charge < -0.3 is 14.7 Å². The number of ether oxygens (including phenoxy) is 1. The number of hydrogen-bond donors (Lipinski definition) is 1. The standard InChI is InChI=1S/C18H25NO2/c1-19(15-17-6-4-7-17)12-14-21-18-10-8-16(9-11-18)5-2-3-13-20/h8-11,17,20H,3-4,6-7,12-15H2,1H3. The Labute approximate surface area is 127 Å². The average molecular weight is 287 g/mol. The van der Waals surface area contributed by atoms with Crippen LogP contribution in [0.5, 0.6) is 5.75 Å². The molecule has 1 aromatic carbocycles. The highest BCUT2D eigenvalue weighted by atomic mass is 16.5. The molecule has 3 nitrogen and oxygen atoms in total. The van der Waals surface area contributed by atoms with Crippen LogP contribution >= 0.6 is 0 Å². The van der Waals surface area contributed by atoms with E-state index in [9.17, 15) is 0 Å². The summed E-state index contributed by atoms with van der Waals surface area (Å²) in [6.45, 7) is 3.00. The van der Waals surface area contributed by atoms with E-state index in [1.165, 1.54) is 25.8 Å². The minimum atomic E-state index is 0.114. The van der Waals surface area contributed by atoms with E-state index in [0.717, 1.165) is 30.4 Å². The van der Waals surface area contributed by atoms with Gasteiger partial charge in [-0.15, -0.1) is 0 Å². The molecule has 3 heteroatoms. The topological polar surface area (TPSA) is 32.7 Å². The van der Waals surface area contributed by atoms with Gasteiger partial charge in [-0.1, -0.05) is 18.3 Å². The normalized spacial score (nSPS) is 14.4. The average Bonchev–Trinajstić information content (AvgIpc) is 2.45. The smallest absolute Gasteiger partial charge is 0.119 e. The van der Waals surface area contributed by atoms with Crippen LogP contribution in [-0.2, 0) is 0 Å². The lowest BCUT2D eigenvalue weighted by Crippen LogP contribution is -2.32. The van der Waals surface area contributed by atoms with Gasteiger partial charge in [0.1, 0.15) is 12.4 Å². The molecule has 1 saturated carbocycles. The van der Waals surface area contributed by atoms with Gasteiger partial charge in [-0.3, -0.25) is 0 Å². The molecule has 0 amide bonds. The second-order valence-electron chi connectivity index (χ2n) is 5.71.